The molecule has 2 unspecified atom stereocenters. The van der Waals surface area contributed by atoms with Crippen LogP contribution in [0.5, 0.6) is 0 Å². The van der Waals surface area contributed by atoms with Crippen LogP contribution in [0.2, 0.25) is 0 Å². The summed E-state index contributed by atoms with van der Waals surface area (Å²) in [5, 5.41) is 16.3. The second kappa shape index (κ2) is 6.20. The minimum absolute atomic E-state index is 0.0255. The Kier molecular flexibility index (Phi) is 3.66. The number of carbonyl (C=O) groups excluding carboxylic acids is 1. The number of amides is 1. The summed E-state index contributed by atoms with van der Waals surface area (Å²) in [7, 11) is 0. The van der Waals surface area contributed by atoms with Crippen molar-refractivity contribution in [3.05, 3.63) is 47.3 Å². The Labute approximate surface area is 172 Å². The average molecular weight is 405 g/mol. The van der Waals surface area contributed by atoms with Gasteiger partial charge in [0.1, 0.15) is 6.54 Å². The first-order valence-electron chi connectivity index (χ1n) is 10.5. The van der Waals surface area contributed by atoms with E-state index in [0.29, 0.717) is 22.7 Å². The van der Waals surface area contributed by atoms with Gasteiger partial charge in [0.15, 0.2) is 6.33 Å². The Morgan fingerprint density at radius 3 is 2.73 bits per heavy atom. The summed E-state index contributed by atoms with van der Waals surface area (Å²) in [5.74, 6) is 0.975. The van der Waals surface area contributed by atoms with Crippen LogP contribution in [0.3, 0.4) is 0 Å². The summed E-state index contributed by atoms with van der Waals surface area (Å²) < 4.78 is 1.40. The maximum Gasteiger partial charge on any atom is 0.261 e. The maximum atomic E-state index is 13.0. The Morgan fingerprint density at radius 1 is 1.17 bits per heavy atom. The number of rotatable bonds is 4. The van der Waals surface area contributed by atoms with E-state index in [1.54, 1.807) is 16.9 Å². The van der Waals surface area contributed by atoms with Crippen molar-refractivity contribution in [2.24, 2.45) is 11.8 Å². The molecule has 154 valence electrons. The third kappa shape index (κ3) is 2.68. The number of fused-ring (bicyclic) bond motifs is 1. The first kappa shape index (κ1) is 17.7. The van der Waals surface area contributed by atoms with Crippen LogP contribution in [0.25, 0.3) is 10.9 Å². The van der Waals surface area contributed by atoms with Gasteiger partial charge in [0, 0.05) is 5.54 Å². The molecule has 4 aliphatic rings. The molecule has 9 heteroatoms. The number of nitrogens with one attached hydrogen (secondary N) is 1. The van der Waals surface area contributed by atoms with Gasteiger partial charge in [-0.05, 0) is 67.7 Å². The molecular formula is C21H23N7O2. The summed E-state index contributed by atoms with van der Waals surface area (Å²) >= 11 is 0. The lowest BCUT2D eigenvalue weighted by Gasteiger charge is -2.61. The van der Waals surface area contributed by atoms with Gasteiger partial charge in [-0.25, -0.2) is 4.98 Å². The molecule has 2 atom stereocenters. The molecule has 0 spiro atoms. The largest absolute Gasteiger partial charge is 0.349 e. The first-order chi connectivity index (χ1) is 14.5. The van der Waals surface area contributed by atoms with Crippen LogP contribution >= 0.6 is 0 Å². The van der Waals surface area contributed by atoms with E-state index in [1.165, 1.54) is 23.6 Å². The monoisotopic (exact) mass is 405 g/mol. The van der Waals surface area contributed by atoms with Crippen LogP contribution in [0.15, 0.2) is 41.7 Å². The van der Waals surface area contributed by atoms with Gasteiger partial charge in [-0.15, -0.1) is 10.2 Å². The summed E-state index contributed by atoms with van der Waals surface area (Å²) in [6, 6.07) is 7.20. The van der Waals surface area contributed by atoms with E-state index in [4.69, 9.17) is 0 Å². The zero-order chi connectivity index (χ0) is 20.3. The van der Waals surface area contributed by atoms with Gasteiger partial charge in [0.2, 0.25) is 5.91 Å². The van der Waals surface area contributed by atoms with Crippen molar-refractivity contribution in [2.45, 2.75) is 56.1 Å². The number of para-hydroxylation sites is 1. The summed E-state index contributed by atoms with van der Waals surface area (Å²) in [6.45, 7) is -0.0255. The minimum atomic E-state index is -0.261. The highest BCUT2D eigenvalue weighted by Gasteiger charge is 2.60. The third-order valence-corrected chi connectivity index (χ3v) is 7.25. The van der Waals surface area contributed by atoms with E-state index in [-0.39, 0.29) is 29.1 Å². The van der Waals surface area contributed by atoms with Gasteiger partial charge in [-0.2, -0.15) is 4.80 Å². The first-order valence-corrected chi connectivity index (χ1v) is 10.5. The Morgan fingerprint density at radius 2 is 1.97 bits per heavy atom. The highest BCUT2D eigenvalue weighted by Crippen LogP contribution is 2.60. The molecule has 4 fully saturated rings. The van der Waals surface area contributed by atoms with E-state index in [1.807, 2.05) is 12.1 Å². The van der Waals surface area contributed by atoms with Gasteiger partial charge in [-0.1, -0.05) is 12.1 Å². The fourth-order valence-corrected chi connectivity index (χ4v) is 6.69. The molecule has 0 aliphatic heterocycles. The number of aromatic nitrogens is 6. The standard InChI is InChI=1S/C21H23N7O2/c29-18(10-27-13-22-17-4-2-1-3-16(17)19(27)30)25-20-6-14-5-15(7-20)9-21(8-14,11-20)28-24-12-23-26-28/h1-4,12-15H,5-11H2,(H,25,29). The van der Waals surface area contributed by atoms with Crippen LogP contribution in [-0.4, -0.2) is 41.2 Å². The average Bonchev–Trinajstić information content (AvgIpc) is 3.25. The van der Waals surface area contributed by atoms with Gasteiger partial charge in [0.25, 0.3) is 5.56 Å². The molecule has 9 nitrogen and oxygen atoms in total. The zero-order valence-electron chi connectivity index (χ0n) is 16.6. The summed E-state index contributed by atoms with van der Waals surface area (Å²) in [6.07, 6.45) is 9.04. The van der Waals surface area contributed by atoms with Crippen LogP contribution in [0.4, 0.5) is 0 Å². The quantitative estimate of drug-likeness (QED) is 0.700. The van der Waals surface area contributed by atoms with Crippen molar-refractivity contribution in [3.63, 3.8) is 0 Å². The smallest absolute Gasteiger partial charge is 0.261 e. The van der Waals surface area contributed by atoms with E-state index >= 15 is 0 Å². The topological polar surface area (TPSA) is 108 Å². The number of hydrogen-bond donors (Lipinski definition) is 1. The molecule has 1 amide bonds. The van der Waals surface area contributed by atoms with Gasteiger partial charge < -0.3 is 5.32 Å². The van der Waals surface area contributed by atoms with Crippen molar-refractivity contribution >= 4 is 16.8 Å². The van der Waals surface area contributed by atoms with Crippen molar-refractivity contribution in [2.75, 3.05) is 0 Å². The fourth-order valence-electron chi connectivity index (χ4n) is 6.69. The molecule has 4 saturated carbocycles. The Bertz CT molecular complexity index is 1170. The number of hydrogen-bond acceptors (Lipinski definition) is 6. The summed E-state index contributed by atoms with van der Waals surface area (Å²) in [4.78, 5) is 31.9. The molecule has 7 rings (SSSR count). The van der Waals surface area contributed by atoms with Crippen LogP contribution < -0.4 is 10.9 Å². The predicted octanol–water partition coefficient (Wildman–Crippen LogP) is 1.25. The van der Waals surface area contributed by atoms with Crippen LogP contribution in [-0.2, 0) is 16.9 Å². The van der Waals surface area contributed by atoms with Gasteiger partial charge in [0.05, 0.1) is 22.8 Å². The Hall–Kier alpha value is -3.10. The summed E-state index contributed by atoms with van der Waals surface area (Å²) in [5.41, 5.74) is 0.0322. The lowest BCUT2D eigenvalue weighted by atomic mass is 9.50. The molecule has 4 aliphatic carbocycles. The van der Waals surface area contributed by atoms with E-state index in [0.717, 1.165) is 32.1 Å². The van der Waals surface area contributed by atoms with Crippen LogP contribution in [0.1, 0.15) is 38.5 Å². The second-order valence-corrected chi connectivity index (χ2v) is 9.43. The molecule has 0 saturated heterocycles. The predicted molar refractivity (Wildman–Crippen MR) is 107 cm³/mol. The minimum Gasteiger partial charge on any atom is -0.349 e. The van der Waals surface area contributed by atoms with Gasteiger partial charge >= 0.3 is 0 Å². The highest BCUT2D eigenvalue weighted by atomic mass is 16.2. The van der Waals surface area contributed by atoms with Gasteiger partial charge in [-0.3, -0.25) is 14.2 Å². The fraction of sp³-hybridized carbons (Fsp3) is 0.524. The Balaban J connectivity index is 1.26. The van der Waals surface area contributed by atoms with Crippen molar-refractivity contribution in [1.29, 1.82) is 0 Å². The molecule has 1 N–H and O–H groups in total. The van der Waals surface area contributed by atoms with E-state index < -0.39 is 0 Å². The lowest BCUT2D eigenvalue weighted by molar-refractivity contribution is -0.132. The van der Waals surface area contributed by atoms with Crippen LogP contribution in [0, 0.1) is 11.8 Å². The molecule has 2 aromatic heterocycles. The van der Waals surface area contributed by atoms with E-state index in [9.17, 15) is 9.59 Å². The SMILES string of the molecule is O=C(Cn1cnc2ccccc2c1=O)NC12CC3CC(C1)CC(n1ncnn1)(C3)C2. The van der Waals surface area contributed by atoms with Crippen molar-refractivity contribution in [1.82, 2.24) is 35.1 Å². The molecule has 1 aromatic carbocycles. The molecule has 4 bridgehead atoms. The second-order valence-electron chi connectivity index (χ2n) is 9.43. The molecule has 3 aromatic rings. The highest BCUT2D eigenvalue weighted by molar-refractivity contribution is 5.79. The third-order valence-electron chi connectivity index (χ3n) is 7.25. The number of carbonyl (C=O) groups is 1. The number of nitrogens with zero attached hydrogens (tertiary/aromatic N) is 6. The maximum absolute atomic E-state index is 13.0. The van der Waals surface area contributed by atoms with Crippen molar-refractivity contribution in [3.8, 4) is 0 Å². The van der Waals surface area contributed by atoms with Crippen molar-refractivity contribution < 1.29 is 4.79 Å². The van der Waals surface area contributed by atoms with E-state index in [2.05, 4.69) is 25.7 Å². The zero-order valence-corrected chi connectivity index (χ0v) is 16.6. The number of benzene rings is 1. The normalized spacial score (nSPS) is 31.9. The number of tetrazole rings is 1. The molecule has 30 heavy (non-hydrogen) atoms. The molecular weight excluding hydrogens is 382 g/mol. The lowest BCUT2D eigenvalue weighted by Crippen LogP contribution is -2.66. The molecule has 2 heterocycles. The molecule has 0 radical (unpaired) electrons.